The first kappa shape index (κ1) is 18.6. The van der Waals surface area contributed by atoms with Crippen LogP contribution in [0.4, 0.5) is 0 Å². The number of benzene rings is 1. The van der Waals surface area contributed by atoms with E-state index in [1.807, 2.05) is 32.9 Å². The molecule has 0 spiro atoms. The van der Waals surface area contributed by atoms with Crippen molar-refractivity contribution in [1.29, 1.82) is 0 Å². The van der Waals surface area contributed by atoms with E-state index in [0.29, 0.717) is 23.0 Å². The Morgan fingerprint density at radius 2 is 1.83 bits per heavy atom. The number of hydrogen-bond donors (Lipinski definition) is 1. The molecule has 1 atom stereocenters. The molecule has 1 aromatic heterocycles. The van der Waals surface area contributed by atoms with E-state index in [2.05, 4.69) is 19.2 Å². The number of nitrogens with one attached hydrogen (secondary N) is 1. The van der Waals surface area contributed by atoms with Crippen LogP contribution >= 0.6 is 11.8 Å². The molecule has 0 saturated heterocycles. The summed E-state index contributed by atoms with van der Waals surface area (Å²) < 4.78 is 5.30. The summed E-state index contributed by atoms with van der Waals surface area (Å²) in [5.41, 5.74) is 3.43. The molecular formula is C19H25NO3S. The molecule has 2 aromatic rings. The number of aryl methyl sites for hydroxylation is 2. The second-order valence-corrected chi connectivity index (χ2v) is 7.60. The van der Waals surface area contributed by atoms with E-state index in [-0.39, 0.29) is 17.6 Å². The lowest BCUT2D eigenvalue weighted by atomic mass is 10.0. The highest BCUT2D eigenvalue weighted by molar-refractivity contribution is 7.99. The zero-order chi connectivity index (χ0) is 17.9. The molecule has 0 bridgehead atoms. The first-order valence-electron chi connectivity index (χ1n) is 8.19. The van der Waals surface area contributed by atoms with Gasteiger partial charge in [0.1, 0.15) is 5.58 Å². The fourth-order valence-electron chi connectivity index (χ4n) is 2.32. The highest BCUT2D eigenvalue weighted by atomic mass is 32.2. The Bertz CT molecular complexity index is 795. The smallest absolute Gasteiger partial charge is 0.336 e. The molecule has 0 fully saturated rings. The van der Waals surface area contributed by atoms with Crippen molar-refractivity contribution in [2.45, 2.75) is 46.4 Å². The maximum Gasteiger partial charge on any atom is 0.336 e. The van der Waals surface area contributed by atoms with Gasteiger partial charge in [-0.15, -0.1) is 11.8 Å². The lowest BCUT2D eigenvalue weighted by Crippen LogP contribution is -2.37. The summed E-state index contributed by atoms with van der Waals surface area (Å²) >= 11 is 1.51. The molecule has 1 heterocycles. The minimum Gasteiger partial charge on any atom is -0.423 e. The van der Waals surface area contributed by atoms with E-state index in [1.54, 1.807) is 0 Å². The van der Waals surface area contributed by atoms with Crippen LogP contribution in [0.25, 0.3) is 11.0 Å². The summed E-state index contributed by atoms with van der Waals surface area (Å²) in [6.07, 6.45) is 0. The quantitative estimate of drug-likeness (QED) is 0.808. The number of amides is 1. The van der Waals surface area contributed by atoms with Gasteiger partial charge in [0.05, 0.1) is 5.75 Å². The van der Waals surface area contributed by atoms with Crippen molar-refractivity contribution in [3.05, 3.63) is 45.3 Å². The van der Waals surface area contributed by atoms with Gasteiger partial charge >= 0.3 is 5.63 Å². The summed E-state index contributed by atoms with van der Waals surface area (Å²) in [7, 11) is 0. The maximum atomic E-state index is 12.0. The summed E-state index contributed by atoms with van der Waals surface area (Å²) in [6.45, 7) is 10.2. The summed E-state index contributed by atoms with van der Waals surface area (Å²) in [4.78, 5) is 23.7. The topological polar surface area (TPSA) is 59.3 Å². The van der Waals surface area contributed by atoms with Gasteiger partial charge in [-0.3, -0.25) is 4.79 Å². The second kappa shape index (κ2) is 7.88. The van der Waals surface area contributed by atoms with E-state index >= 15 is 0 Å². The van der Waals surface area contributed by atoms with Gasteiger partial charge in [0.25, 0.3) is 0 Å². The van der Waals surface area contributed by atoms with Crippen LogP contribution in [-0.2, 0) is 10.5 Å². The molecule has 130 valence electrons. The molecule has 5 heteroatoms. The Labute approximate surface area is 147 Å². The number of thioether (sulfide) groups is 1. The van der Waals surface area contributed by atoms with Gasteiger partial charge in [0.15, 0.2) is 0 Å². The van der Waals surface area contributed by atoms with Crippen molar-refractivity contribution in [3.63, 3.8) is 0 Å². The van der Waals surface area contributed by atoms with Crippen LogP contribution in [0, 0.1) is 19.8 Å². The predicted molar refractivity (Wildman–Crippen MR) is 101 cm³/mol. The zero-order valence-corrected chi connectivity index (χ0v) is 15.8. The number of carbonyl (C=O) groups is 1. The van der Waals surface area contributed by atoms with E-state index in [0.717, 1.165) is 22.1 Å². The molecule has 24 heavy (non-hydrogen) atoms. The van der Waals surface area contributed by atoms with Crippen molar-refractivity contribution in [3.8, 4) is 0 Å². The molecule has 1 N–H and O–H groups in total. The van der Waals surface area contributed by atoms with Crippen molar-refractivity contribution >= 4 is 28.6 Å². The van der Waals surface area contributed by atoms with Gasteiger partial charge in [-0.2, -0.15) is 0 Å². The average Bonchev–Trinajstić information content (AvgIpc) is 2.48. The van der Waals surface area contributed by atoms with Crippen LogP contribution in [0.1, 0.15) is 37.5 Å². The number of fused-ring (bicyclic) bond motifs is 1. The van der Waals surface area contributed by atoms with Crippen LogP contribution in [0.15, 0.2) is 27.4 Å². The molecule has 0 saturated carbocycles. The van der Waals surface area contributed by atoms with E-state index < -0.39 is 0 Å². The molecule has 4 nitrogen and oxygen atoms in total. The van der Waals surface area contributed by atoms with Crippen LogP contribution in [0.5, 0.6) is 0 Å². The van der Waals surface area contributed by atoms with Gasteiger partial charge in [0.2, 0.25) is 5.91 Å². The van der Waals surface area contributed by atoms with E-state index in [4.69, 9.17) is 4.42 Å². The largest absolute Gasteiger partial charge is 0.423 e. The predicted octanol–water partition coefficient (Wildman–Crippen LogP) is 3.80. The molecule has 2 rings (SSSR count). The third-order valence-corrected chi connectivity index (χ3v) is 5.31. The maximum absolute atomic E-state index is 12.0. The van der Waals surface area contributed by atoms with Crippen LogP contribution in [-0.4, -0.2) is 17.7 Å². The van der Waals surface area contributed by atoms with Crippen molar-refractivity contribution in [1.82, 2.24) is 5.32 Å². The lowest BCUT2D eigenvalue weighted by Gasteiger charge is -2.17. The summed E-state index contributed by atoms with van der Waals surface area (Å²) in [5.74, 6) is 1.42. The van der Waals surface area contributed by atoms with Gasteiger partial charge < -0.3 is 9.73 Å². The minimum atomic E-state index is -0.348. The Hall–Kier alpha value is -1.75. The standard InChI is InChI=1S/C19H25NO3S/c1-11(2)14(5)20-18(21)10-24-9-15-8-19(22)23-17-7-13(4)12(3)6-16(15)17/h6-8,11,14H,9-10H2,1-5H3,(H,20,21)/t14-/m0/s1. The van der Waals surface area contributed by atoms with Crippen LogP contribution in [0.3, 0.4) is 0 Å². The van der Waals surface area contributed by atoms with Gasteiger partial charge in [-0.25, -0.2) is 4.79 Å². The fraction of sp³-hybridized carbons (Fsp3) is 0.474. The molecule has 0 aliphatic carbocycles. The number of hydrogen-bond acceptors (Lipinski definition) is 4. The molecule has 0 unspecified atom stereocenters. The van der Waals surface area contributed by atoms with Crippen LogP contribution < -0.4 is 10.9 Å². The fourth-order valence-corrected chi connectivity index (χ4v) is 3.15. The molecular weight excluding hydrogens is 322 g/mol. The number of carbonyl (C=O) groups excluding carboxylic acids is 1. The highest BCUT2D eigenvalue weighted by Gasteiger charge is 2.12. The molecule has 0 radical (unpaired) electrons. The Morgan fingerprint density at radius 3 is 2.50 bits per heavy atom. The van der Waals surface area contributed by atoms with Gasteiger partial charge in [-0.1, -0.05) is 13.8 Å². The third kappa shape index (κ3) is 4.63. The molecule has 0 aliphatic heterocycles. The first-order valence-corrected chi connectivity index (χ1v) is 9.34. The Morgan fingerprint density at radius 1 is 1.17 bits per heavy atom. The van der Waals surface area contributed by atoms with Crippen molar-refractivity contribution in [2.24, 2.45) is 5.92 Å². The monoisotopic (exact) mass is 347 g/mol. The lowest BCUT2D eigenvalue weighted by molar-refractivity contribution is -0.119. The summed E-state index contributed by atoms with van der Waals surface area (Å²) in [5, 5.41) is 3.94. The average molecular weight is 347 g/mol. The van der Waals surface area contributed by atoms with Crippen molar-refractivity contribution < 1.29 is 9.21 Å². The van der Waals surface area contributed by atoms with Crippen LogP contribution in [0.2, 0.25) is 0 Å². The third-order valence-electron chi connectivity index (χ3n) is 4.32. The molecule has 0 aliphatic rings. The number of rotatable bonds is 6. The molecule has 1 amide bonds. The zero-order valence-electron chi connectivity index (χ0n) is 14.9. The van der Waals surface area contributed by atoms with Gasteiger partial charge in [-0.05, 0) is 55.5 Å². The minimum absolute atomic E-state index is 0.0282. The normalized spacial score (nSPS) is 12.6. The molecule has 1 aromatic carbocycles. The van der Waals surface area contributed by atoms with E-state index in [1.165, 1.54) is 17.8 Å². The highest BCUT2D eigenvalue weighted by Crippen LogP contribution is 2.24. The Balaban J connectivity index is 2.09. The second-order valence-electron chi connectivity index (χ2n) is 6.62. The van der Waals surface area contributed by atoms with Gasteiger partial charge in [0, 0.05) is 23.2 Å². The summed E-state index contributed by atoms with van der Waals surface area (Å²) in [6, 6.07) is 5.63. The van der Waals surface area contributed by atoms with Crippen molar-refractivity contribution in [2.75, 3.05) is 5.75 Å². The first-order chi connectivity index (χ1) is 11.3. The SMILES string of the molecule is Cc1cc2oc(=O)cc(CSCC(=O)N[C@@H](C)C(C)C)c2cc1C. The Kier molecular flexibility index (Phi) is 6.10. The van der Waals surface area contributed by atoms with E-state index in [9.17, 15) is 9.59 Å².